The smallest absolute Gasteiger partial charge is 0.147 e. The van der Waals surface area contributed by atoms with Gasteiger partial charge in [0.2, 0.25) is 0 Å². The van der Waals surface area contributed by atoms with Crippen molar-refractivity contribution in [3.8, 4) is 0 Å². The number of hydrogen-bond acceptors (Lipinski definition) is 2. The highest BCUT2D eigenvalue weighted by atomic mass is 15.0. The maximum atomic E-state index is 5.27. The van der Waals surface area contributed by atoms with Crippen molar-refractivity contribution in [3.05, 3.63) is 52.8 Å². The SMILES string of the molecule is CC(C)(C)c1ccc2c(cc(C(C)(C)C)n3c4cc5c(cc4nc23)C(C)(C)C(C)(C)C5(C)C)n1. The van der Waals surface area contributed by atoms with E-state index < -0.39 is 0 Å². The molecule has 34 heavy (non-hydrogen) atoms. The van der Waals surface area contributed by atoms with Gasteiger partial charge >= 0.3 is 0 Å². The molecule has 1 aromatic carbocycles. The number of hydrogen-bond donors (Lipinski definition) is 0. The molecule has 0 aliphatic heterocycles. The third kappa shape index (κ3) is 2.82. The normalized spacial score (nSPS) is 19.3. The molecule has 0 spiro atoms. The molecule has 3 aromatic heterocycles. The molecule has 0 radical (unpaired) electrons. The molecule has 0 amide bonds. The Morgan fingerprint density at radius 3 is 1.82 bits per heavy atom. The van der Waals surface area contributed by atoms with Crippen LogP contribution in [0.1, 0.15) is 106 Å². The number of benzene rings is 1. The van der Waals surface area contributed by atoms with Crippen LogP contribution >= 0.6 is 0 Å². The predicted molar refractivity (Wildman–Crippen MR) is 145 cm³/mol. The van der Waals surface area contributed by atoms with Crippen LogP contribution in [0.2, 0.25) is 0 Å². The van der Waals surface area contributed by atoms with Crippen LogP contribution in [0.15, 0.2) is 30.3 Å². The van der Waals surface area contributed by atoms with Gasteiger partial charge in [-0.15, -0.1) is 0 Å². The molecular formula is C31H41N3. The van der Waals surface area contributed by atoms with Crippen LogP contribution in [0.5, 0.6) is 0 Å². The predicted octanol–water partition coefficient (Wildman–Crippen LogP) is 8.23. The van der Waals surface area contributed by atoms with Gasteiger partial charge in [0.25, 0.3) is 0 Å². The number of aromatic nitrogens is 3. The van der Waals surface area contributed by atoms with Gasteiger partial charge in [-0.1, -0.05) is 83.1 Å². The maximum Gasteiger partial charge on any atom is 0.147 e. The van der Waals surface area contributed by atoms with E-state index in [2.05, 4.69) is 118 Å². The Kier molecular flexibility index (Phi) is 4.40. The summed E-state index contributed by atoms with van der Waals surface area (Å²) in [5.74, 6) is 0. The van der Waals surface area contributed by atoms with Crippen molar-refractivity contribution in [2.45, 2.75) is 105 Å². The molecule has 0 saturated heterocycles. The van der Waals surface area contributed by atoms with Gasteiger partial charge < -0.3 is 0 Å². The van der Waals surface area contributed by atoms with Crippen LogP contribution in [0, 0.1) is 5.41 Å². The van der Waals surface area contributed by atoms with Crippen molar-refractivity contribution in [2.24, 2.45) is 5.41 Å². The molecule has 0 saturated carbocycles. The van der Waals surface area contributed by atoms with Crippen molar-refractivity contribution < 1.29 is 0 Å². The van der Waals surface area contributed by atoms with Crippen LogP contribution in [0.25, 0.3) is 27.6 Å². The number of fused-ring (bicyclic) bond motifs is 6. The monoisotopic (exact) mass is 455 g/mol. The summed E-state index contributed by atoms with van der Waals surface area (Å²) in [4.78, 5) is 10.4. The van der Waals surface area contributed by atoms with Crippen molar-refractivity contribution in [3.63, 3.8) is 0 Å². The van der Waals surface area contributed by atoms with Crippen molar-refractivity contribution in [1.29, 1.82) is 0 Å². The fourth-order valence-corrected chi connectivity index (χ4v) is 5.97. The molecule has 0 atom stereocenters. The van der Waals surface area contributed by atoms with Gasteiger partial charge in [-0.25, -0.2) is 4.98 Å². The molecule has 1 aliphatic carbocycles. The summed E-state index contributed by atoms with van der Waals surface area (Å²) < 4.78 is 2.41. The Balaban J connectivity index is 1.94. The van der Waals surface area contributed by atoms with Crippen LogP contribution in [0.3, 0.4) is 0 Å². The molecule has 3 nitrogen and oxygen atoms in total. The minimum absolute atomic E-state index is 0.00707. The Morgan fingerprint density at radius 1 is 0.676 bits per heavy atom. The highest BCUT2D eigenvalue weighted by Crippen LogP contribution is 2.62. The lowest BCUT2D eigenvalue weighted by Crippen LogP contribution is -2.42. The lowest BCUT2D eigenvalue weighted by atomic mass is 9.59. The highest BCUT2D eigenvalue weighted by molar-refractivity contribution is 5.98. The summed E-state index contributed by atoms with van der Waals surface area (Å²) in [5, 5.41) is 1.12. The average molecular weight is 456 g/mol. The van der Waals surface area contributed by atoms with Crippen LogP contribution in [-0.2, 0) is 21.7 Å². The number of imidazole rings is 1. The van der Waals surface area contributed by atoms with E-state index in [0.717, 1.165) is 27.8 Å². The van der Waals surface area contributed by atoms with Gasteiger partial charge in [0.15, 0.2) is 0 Å². The first-order chi connectivity index (χ1) is 15.4. The van der Waals surface area contributed by atoms with Gasteiger partial charge in [0.1, 0.15) is 5.65 Å². The van der Waals surface area contributed by atoms with Crippen LogP contribution in [0.4, 0.5) is 0 Å². The number of nitrogens with zero attached hydrogens (tertiary/aromatic N) is 3. The topological polar surface area (TPSA) is 30.2 Å². The molecule has 3 heteroatoms. The van der Waals surface area contributed by atoms with Gasteiger partial charge in [-0.2, -0.15) is 0 Å². The lowest BCUT2D eigenvalue weighted by Gasteiger charge is -2.44. The molecule has 0 bridgehead atoms. The summed E-state index contributed by atoms with van der Waals surface area (Å²) in [7, 11) is 0. The zero-order chi connectivity index (χ0) is 25.2. The zero-order valence-electron chi connectivity index (χ0n) is 23.2. The summed E-state index contributed by atoms with van der Waals surface area (Å²) in [6, 6.07) is 11.5. The Bertz CT molecular complexity index is 1480. The first-order valence-electron chi connectivity index (χ1n) is 12.7. The van der Waals surface area contributed by atoms with E-state index >= 15 is 0 Å². The van der Waals surface area contributed by atoms with Gasteiger partial charge in [-0.3, -0.25) is 9.38 Å². The van der Waals surface area contributed by atoms with Gasteiger partial charge in [0.05, 0.1) is 16.6 Å². The maximum absolute atomic E-state index is 5.27. The standard InChI is InChI=1S/C31H41N3/c1-27(2,3)24-14-13-18-21(32-24)17-25(28(4,5)6)34-23-16-20-19(15-22(23)33-26(18)34)29(7,8)31(11,12)30(20,9)10/h13-17H,1-12H3. The summed E-state index contributed by atoms with van der Waals surface area (Å²) in [6.07, 6.45) is 0. The Labute approximate surface area is 205 Å². The van der Waals surface area contributed by atoms with E-state index in [1.807, 2.05) is 0 Å². The molecule has 5 rings (SSSR count). The van der Waals surface area contributed by atoms with E-state index in [-0.39, 0.29) is 27.1 Å². The second-order valence-corrected chi connectivity index (χ2v) is 14.2. The van der Waals surface area contributed by atoms with Gasteiger partial charge in [-0.05, 0) is 57.7 Å². The van der Waals surface area contributed by atoms with E-state index in [4.69, 9.17) is 9.97 Å². The lowest BCUT2D eigenvalue weighted by molar-refractivity contribution is 0.125. The molecule has 0 N–H and O–H groups in total. The number of pyridine rings is 2. The summed E-state index contributed by atoms with van der Waals surface area (Å²) >= 11 is 0. The van der Waals surface area contributed by atoms with Crippen molar-refractivity contribution >= 4 is 27.6 Å². The second-order valence-electron chi connectivity index (χ2n) is 14.2. The average Bonchev–Trinajstić information content (AvgIpc) is 3.12. The Hall–Kier alpha value is -2.42. The zero-order valence-corrected chi connectivity index (χ0v) is 23.2. The van der Waals surface area contributed by atoms with E-state index in [1.165, 1.54) is 22.3 Å². The third-order valence-electron chi connectivity index (χ3n) is 9.48. The molecule has 4 aromatic rings. The van der Waals surface area contributed by atoms with Crippen LogP contribution in [-0.4, -0.2) is 14.4 Å². The molecule has 1 aliphatic rings. The quantitative estimate of drug-likeness (QED) is 0.267. The molecule has 3 heterocycles. The van der Waals surface area contributed by atoms with Crippen molar-refractivity contribution in [2.75, 3.05) is 0 Å². The summed E-state index contributed by atoms with van der Waals surface area (Å²) in [6.45, 7) is 28.0. The molecule has 180 valence electrons. The molecular weight excluding hydrogens is 414 g/mol. The van der Waals surface area contributed by atoms with E-state index in [9.17, 15) is 0 Å². The van der Waals surface area contributed by atoms with Crippen molar-refractivity contribution in [1.82, 2.24) is 14.4 Å². The van der Waals surface area contributed by atoms with Gasteiger partial charge in [0, 0.05) is 27.6 Å². The first-order valence-corrected chi connectivity index (χ1v) is 12.7. The first kappa shape index (κ1) is 23.3. The third-order valence-corrected chi connectivity index (χ3v) is 9.48. The van der Waals surface area contributed by atoms with E-state index in [1.54, 1.807) is 0 Å². The largest absolute Gasteiger partial charge is 0.295 e. The molecule has 0 unspecified atom stereocenters. The minimum atomic E-state index is -0.0490. The fourth-order valence-electron chi connectivity index (χ4n) is 5.97. The minimum Gasteiger partial charge on any atom is -0.295 e. The summed E-state index contributed by atoms with van der Waals surface area (Å²) in [5.41, 5.74) is 9.83. The second kappa shape index (κ2) is 6.42. The molecule has 0 fully saturated rings. The van der Waals surface area contributed by atoms with E-state index in [0.29, 0.717) is 0 Å². The highest BCUT2D eigenvalue weighted by Gasteiger charge is 2.57. The van der Waals surface area contributed by atoms with Crippen LogP contribution < -0.4 is 0 Å². The fraction of sp³-hybridized carbons (Fsp3) is 0.548. The Morgan fingerprint density at radius 2 is 1.26 bits per heavy atom. The number of rotatable bonds is 0.